The first-order valence-electron chi connectivity index (χ1n) is 9.63. The molecule has 0 bridgehead atoms. The van der Waals surface area contributed by atoms with E-state index in [9.17, 15) is 0 Å². The molecule has 0 radical (unpaired) electrons. The molecule has 2 aromatic rings. The first-order chi connectivity index (χ1) is 13.0. The van der Waals surface area contributed by atoms with E-state index in [-0.39, 0.29) is 5.92 Å². The Morgan fingerprint density at radius 2 is 2.00 bits per heavy atom. The summed E-state index contributed by atoms with van der Waals surface area (Å²) in [6.07, 6.45) is 0. The Morgan fingerprint density at radius 1 is 1.22 bits per heavy atom. The van der Waals surface area contributed by atoms with Gasteiger partial charge in [-0.1, -0.05) is 24.2 Å². The number of hydrogen-bond acceptors (Lipinski definition) is 4. The van der Waals surface area contributed by atoms with E-state index in [0.717, 1.165) is 47.4 Å². The van der Waals surface area contributed by atoms with E-state index in [1.165, 1.54) is 5.56 Å². The molecule has 2 N–H and O–H groups in total. The van der Waals surface area contributed by atoms with Gasteiger partial charge in [-0.3, -0.25) is 0 Å². The van der Waals surface area contributed by atoms with Gasteiger partial charge in [-0.05, 0) is 46.2 Å². The smallest absolute Gasteiger partial charge is 0.191 e. The average Bonchev–Trinajstić information content (AvgIpc) is 2.97. The average molecular weight is 373 g/mol. The molecule has 0 saturated carbocycles. The standard InChI is InChI=1S/C21H32N4O2/c1-7-22-21(23-12-15(4)20-16(5)25-27-17(20)6)24-13-18-10-9-14(3)11-19(18)26-8-2/h9-11,15H,7-8,12-13H2,1-6H3,(H2,22,23,24). The van der Waals surface area contributed by atoms with Crippen molar-refractivity contribution >= 4 is 5.96 Å². The van der Waals surface area contributed by atoms with Crippen molar-refractivity contribution in [3.63, 3.8) is 0 Å². The molecule has 0 amide bonds. The fourth-order valence-corrected chi connectivity index (χ4v) is 3.13. The summed E-state index contributed by atoms with van der Waals surface area (Å²) in [4.78, 5) is 4.73. The van der Waals surface area contributed by atoms with Crippen molar-refractivity contribution in [3.8, 4) is 5.75 Å². The number of aryl methyl sites for hydroxylation is 3. The van der Waals surface area contributed by atoms with Crippen LogP contribution in [-0.2, 0) is 6.54 Å². The van der Waals surface area contributed by atoms with Crippen LogP contribution in [0.25, 0.3) is 0 Å². The third-order valence-corrected chi connectivity index (χ3v) is 4.43. The number of guanidine groups is 1. The van der Waals surface area contributed by atoms with E-state index in [1.807, 2.05) is 20.8 Å². The first kappa shape index (κ1) is 20.8. The SMILES string of the molecule is CCNC(=NCc1ccc(C)cc1OCC)NCC(C)c1c(C)noc1C. The molecule has 1 aromatic heterocycles. The Balaban J connectivity index is 2.06. The topological polar surface area (TPSA) is 71.7 Å². The van der Waals surface area contributed by atoms with Crippen molar-refractivity contribution in [2.24, 2.45) is 4.99 Å². The summed E-state index contributed by atoms with van der Waals surface area (Å²) >= 11 is 0. The summed E-state index contributed by atoms with van der Waals surface area (Å²) in [5.41, 5.74) is 4.38. The second-order valence-corrected chi connectivity index (χ2v) is 6.76. The van der Waals surface area contributed by atoms with Crippen molar-refractivity contribution in [1.82, 2.24) is 15.8 Å². The van der Waals surface area contributed by atoms with Crippen LogP contribution in [0.4, 0.5) is 0 Å². The van der Waals surface area contributed by atoms with Gasteiger partial charge in [-0.15, -0.1) is 0 Å². The van der Waals surface area contributed by atoms with Crippen molar-refractivity contribution in [2.75, 3.05) is 19.7 Å². The zero-order valence-electron chi connectivity index (χ0n) is 17.3. The van der Waals surface area contributed by atoms with Crippen LogP contribution in [0, 0.1) is 20.8 Å². The molecule has 1 atom stereocenters. The second kappa shape index (κ2) is 10.00. The van der Waals surface area contributed by atoms with E-state index in [4.69, 9.17) is 14.3 Å². The molecule has 1 heterocycles. The highest BCUT2D eigenvalue weighted by atomic mass is 16.5. The first-order valence-corrected chi connectivity index (χ1v) is 9.63. The highest BCUT2D eigenvalue weighted by molar-refractivity contribution is 5.79. The number of rotatable bonds is 8. The van der Waals surface area contributed by atoms with Crippen molar-refractivity contribution in [1.29, 1.82) is 0 Å². The Bertz CT molecular complexity index is 748. The molecule has 6 heteroatoms. The van der Waals surface area contributed by atoms with Crippen LogP contribution in [-0.4, -0.2) is 30.8 Å². The monoisotopic (exact) mass is 372 g/mol. The quantitative estimate of drug-likeness (QED) is 0.544. The minimum Gasteiger partial charge on any atom is -0.494 e. The number of hydrogen-bond donors (Lipinski definition) is 2. The van der Waals surface area contributed by atoms with Crippen LogP contribution in [0.5, 0.6) is 5.75 Å². The fraction of sp³-hybridized carbons (Fsp3) is 0.524. The maximum absolute atomic E-state index is 5.76. The highest BCUT2D eigenvalue weighted by Gasteiger charge is 2.16. The van der Waals surface area contributed by atoms with Gasteiger partial charge in [0.25, 0.3) is 0 Å². The summed E-state index contributed by atoms with van der Waals surface area (Å²) < 4.78 is 11.0. The van der Waals surface area contributed by atoms with Gasteiger partial charge in [0.05, 0.1) is 18.8 Å². The lowest BCUT2D eigenvalue weighted by Gasteiger charge is -2.16. The van der Waals surface area contributed by atoms with Gasteiger partial charge in [0.1, 0.15) is 11.5 Å². The minimum absolute atomic E-state index is 0.276. The molecule has 1 aromatic carbocycles. The van der Waals surface area contributed by atoms with Gasteiger partial charge >= 0.3 is 0 Å². The van der Waals surface area contributed by atoms with Crippen LogP contribution < -0.4 is 15.4 Å². The van der Waals surface area contributed by atoms with E-state index in [1.54, 1.807) is 0 Å². The van der Waals surface area contributed by atoms with E-state index in [2.05, 4.69) is 54.8 Å². The van der Waals surface area contributed by atoms with Gasteiger partial charge in [0.2, 0.25) is 0 Å². The number of aliphatic imine (C=N–C) groups is 1. The Kier molecular flexibility index (Phi) is 7.70. The summed E-state index contributed by atoms with van der Waals surface area (Å²) in [6, 6.07) is 6.24. The number of nitrogens with zero attached hydrogens (tertiary/aromatic N) is 2. The number of nitrogens with one attached hydrogen (secondary N) is 2. The molecule has 0 aliphatic carbocycles. The number of aromatic nitrogens is 1. The minimum atomic E-state index is 0.276. The van der Waals surface area contributed by atoms with Gasteiger partial charge in [0, 0.05) is 30.1 Å². The summed E-state index contributed by atoms with van der Waals surface area (Å²) in [5, 5.41) is 10.8. The van der Waals surface area contributed by atoms with E-state index in [0.29, 0.717) is 13.2 Å². The normalized spacial score (nSPS) is 12.7. The second-order valence-electron chi connectivity index (χ2n) is 6.76. The molecule has 0 spiro atoms. The zero-order valence-corrected chi connectivity index (χ0v) is 17.3. The van der Waals surface area contributed by atoms with Crippen LogP contribution in [0.1, 0.15) is 54.8 Å². The molecule has 148 valence electrons. The molecule has 2 rings (SSSR count). The van der Waals surface area contributed by atoms with Crippen molar-refractivity contribution < 1.29 is 9.26 Å². The fourth-order valence-electron chi connectivity index (χ4n) is 3.13. The number of benzene rings is 1. The van der Waals surface area contributed by atoms with Crippen LogP contribution in [0.15, 0.2) is 27.7 Å². The maximum Gasteiger partial charge on any atom is 0.191 e. The molecule has 0 aliphatic heterocycles. The molecule has 27 heavy (non-hydrogen) atoms. The van der Waals surface area contributed by atoms with Gasteiger partial charge < -0.3 is 19.9 Å². The van der Waals surface area contributed by atoms with E-state index < -0.39 is 0 Å². The van der Waals surface area contributed by atoms with Gasteiger partial charge in [0.15, 0.2) is 5.96 Å². The van der Waals surface area contributed by atoms with Gasteiger partial charge in [-0.25, -0.2) is 4.99 Å². The number of ether oxygens (including phenoxy) is 1. The van der Waals surface area contributed by atoms with Crippen LogP contribution in [0.2, 0.25) is 0 Å². The van der Waals surface area contributed by atoms with E-state index >= 15 is 0 Å². The van der Waals surface area contributed by atoms with Crippen LogP contribution >= 0.6 is 0 Å². The molecule has 1 unspecified atom stereocenters. The third-order valence-electron chi connectivity index (χ3n) is 4.43. The largest absolute Gasteiger partial charge is 0.494 e. The lowest BCUT2D eigenvalue weighted by molar-refractivity contribution is 0.336. The third kappa shape index (κ3) is 5.74. The Morgan fingerprint density at radius 3 is 2.63 bits per heavy atom. The summed E-state index contributed by atoms with van der Waals surface area (Å²) in [5.74, 6) is 2.85. The summed E-state index contributed by atoms with van der Waals surface area (Å²) in [6.45, 7) is 15.0. The van der Waals surface area contributed by atoms with Gasteiger partial charge in [-0.2, -0.15) is 0 Å². The maximum atomic E-state index is 5.76. The lowest BCUT2D eigenvalue weighted by Crippen LogP contribution is -2.39. The lowest BCUT2D eigenvalue weighted by atomic mass is 10.00. The van der Waals surface area contributed by atoms with Crippen molar-refractivity contribution in [2.45, 2.75) is 54.0 Å². The molecule has 0 saturated heterocycles. The molecule has 0 aliphatic rings. The zero-order chi connectivity index (χ0) is 19.8. The predicted molar refractivity (Wildman–Crippen MR) is 110 cm³/mol. The highest BCUT2D eigenvalue weighted by Crippen LogP contribution is 2.23. The Labute approximate surface area is 162 Å². The summed E-state index contributed by atoms with van der Waals surface area (Å²) in [7, 11) is 0. The van der Waals surface area contributed by atoms with Crippen molar-refractivity contribution in [3.05, 3.63) is 46.3 Å². The molecule has 0 fully saturated rings. The predicted octanol–water partition coefficient (Wildman–Crippen LogP) is 3.86. The molecular formula is C21H32N4O2. The van der Waals surface area contributed by atoms with Crippen LogP contribution in [0.3, 0.4) is 0 Å². The molecule has 6 nitrogen and oxygen atoms in total. The molecular weight excluding hydrogens is 340 g/mol. The Hall–Kier alpha value is -2.50.